The number of nitrogens with zero attached hydrogens (tertiary/aromatic N) is 1. The molecular weight excluding hydrogens is 486 g/mol. The first-order chi connectivity index (χ1) is 17.1. The molecule has 1 heterocycles. The van der Waals surface area contributed by atoms with E-state index in [0.717, 1.165) is 5.56 Å². The normalized spacial score (nSPS) is 12.0. The summed E-state index contributed by atoms with van der Waals surface area (Å²) in [7, 11) is -0.154. The van der Waals surface area contributed by atoms with Gasteiger partial charge in [-0.1, -0.05) is 17.7 Å². The number of sulfone groups is 1. The maximum atomic E-state index is 14.1. The summed E-state index contributed by atoms with van der Waals surface area (Å²) in [4.78, 5) is 24.2. The number of benzene rings is 2. The first-order valence-electron chi connectivity index (χ1n) is 10.8. The van der Waals surface area contributed by atoms with Crippen LogP contribution in [0.5, 0.6) is 5.75 Å². The third-order valence-electron chi connectivity index (χ3n) is 5.22. The van der Waals surface area contributed by atoms with Gasteiger partial charge in [0.15, 0.2) is 5.76 Å². The Hall–Kier alpha value is -3.89. The lowest BCUT2D eigenvalue weighted by molar-refractivity contribution is -0.134. The van der Waals surface area contributed by atoms with Gasteiger partial charge in [-0.3, -0.25) is 4.79 Å². The molecule has 2 aromatic carbocycles. The molecule has 0 unspecified atom stereocenters. The maximum Gasteiger partial charge on any atom is 0.339 e. The highest BCUT2D eigenvalue weighted by Crippen LogP contribution is 2.37. The lowest BCUT2D eigenvalue weighted by atomic mass is 10.1. The van der Waals surface area contributed by atoms with E-state index in [0.29, 0.717) is 11.3 Å². The van der Waals surface area contributed by atoms with Gasteiger partial charge in [0.05, 0.1) is 30.4 Å². The first kappa shape index (κ1) is 26.7. The van der Waals surface area contributed by atoms with Crippen LogP contribution in [-0.4, -0.2) is 46.3 Å². The average Bonchev–Trinajstić information content (AvgIpc) is 3.26. The Bertz CT molecular complexity index is 1380. The van der Waals surface area contributed by atoms with Gasteiger partial charge in [0.2, 0.25) is 9.84 Å². The van der Waals surface area contributed by atoms with Gasteiger partial charge in [-0.15, -0.1) is 0 Å². The van der Waals surface area contributed by atoms with E-state index in [-0.39, 0.29) is 33.5 Å². The highest BCUT2D eigenvalue weighted by atomic mass is 32.2. The zero-order valence-corrected chi connectivity index (χ0v) is 21.4. The zero-order valence-electron chi connectivity index (χ0n) is 20.6. The molecule has 1 aromatic heterocycles. The van der Waals surface area contributed by atoms with Gasteiger partial charge in [-0.2, -0.15) is 0 Å². The molecule has 0 saturated carbocycles. The molecule has 36 heavy (non-hydrogen) atoms. The summed E-state index contributed by atoms with van der Waals surface area (Å²) in [5, 5.41) is 0. The topological polar surface area (TPSA) is 110 Å². The summed E-state index contributed by atoms with van der Waals surface area (Å²) in [5.74, 6) is -1.08. The second-order valence-electron chi connectivity index (χ2n) is 7.79. The van der Waals surface area contributed by atoms with Gasteiger partial charge >= 0.3 is 11.9 Å². The molecule has 3 aromatic rings. The van der Waals surface area contributed by atoms with Gasteiger partial charge in [0, 0.05) is 25.8 Å². The van der Waals surface area contributed by atoms with Crippen molar-refractivity contribution in [3.05, 3.63) is 83.2 Å². The standard InChI is InChI=1S/C26H27NO8S/c1-17-6-12-22(13-7-17)36(30,31)25(23-14-20(26(29)34-5)15-27(23)16-32-3)24(35-18(2)28)19-8-10-21(33-4)11-9-19/h6-15H,16H2,1-5H3. The Morgan fingerprint density at radius 2 is 1.56 bits per heavy atom. The van der Waals surface area contributed by atoms with Crippen LogP contribution >= 0.6 is 0 Å². The van der Waals surface area contributed by atoms with Crippen molar-refractivity contribution in [2.75, 3.05) is 21.3 Å². The van der Waals surface area contributed by atoms with Crippen molar-refractivity contribution >= 4 is 32.4 Å². The minimum absolute atomic E-state index is 0.0222. The van der Waals surface area contributed by atoms with Crippen molar-refractivity contribution < 1.29 is 37.0 Å². The van der Waals surface area contributed by atoms with Crippen molar-refractivity contribution in [3.8, 4) is 5.75 Å². The van der Waals surface area contributed by atoms with Crippen LogP contribution < -0.4 is 4.74 Å². The van der Waals surface area contributed by atoms with Crippen LogP contribution in [0.2, 0.25) is 0 Å². The predicted octanol–water partition coefficient (Wildman–Crippen LogP) is 4.06. The third kappa shape index (κ3) is 5.67. The van der Waals surface area contributed by atoms with Gasteiger partial charge in [0.1, 0.15) is 17.4 Å². The molecule has 0 N–H and O–H groups in total. The van der Waals surface area contributed by atoms with E-state index < -0.39 is 21.8 Å². The number of ether oxygens (including phenoxy) is 4. The van der Waals surface area contributed by atoms with Gasteiger partial charge in [0.25, 0.3) is 0 Å². The Labute approximate surface area is 209 Å². The number of aryl methyl sites for hydroxylation is 1. The van der Waals surface area contributed by atoms with E-state index in [1.54, 1.807) is 36.4 Å². The molecule has 9 nitrogen and oxygen atoms in total. The number of esters is 2. The molecule has 0 fully saturated rings. The highest BCUT2D eigenvalue weighted by Gasteiger charge is 2.32. The lowest BCUT2D eigenvalue weighted by Gasteiger charge is -2.18. The smallest absolute Gasteiger partial charge is 0.339 e. The molecule has 0 spiro atoms. The second-order valence-corrected chi connectivity index (χ2v) is 9.68. The van der Waals surface area contributed by atoms with Crippen LogP contribution in [0.4, 0.5) is 0 Å². The second kappa shape index (κ2) is 11.2. The van der Waals surface area contributed by atoms with Crippen LogP contribution in [0.15, 0.2) is 65.7 Å². The number of carbonyl (C=O) groups is 2. The van der Waals surface area contributed by atoms with E-state index in [1.807, 2.05) is 6.92 Å². The van der Waals surface area contributed by atoms with Crippen molar-refractivity contribution in [3.63, 3.8) is 0 Å². The van der Waals surface area contributed by atoms with Gasteiger partial charge in [-0.05, 0) is 49.4 Å². The fourth-order valence-electron chi connectivity index (χ4n) is 3.51. The summed E-state index contributed by atoms with van der Waals surface area (Å²) in [6.45, 7) is 2.92. The van der Waals surface area contributed by atoms with E-state index in [9.17, 15) is 18.0 Å². The SMILES string of the molecule is COCn1cc(C(=O)OC)cc1C(=C(OC(C)=O)c1ccc(OC)cc1)S(=O)(=O)c1ccc(C)cc1. The summed E-state index contributed by atoms with van der Waals surface area (Å²) >= 11 is 0. The molecule has 3 rings (SSSR count). The number of hydrogen-bond donors (Lipinski definition) is 0. The van der Waals surface area contributed by atoms with E-state index >= 15 is 0 Å². The van der Waals surface area contributed by atoms with Crippen molar-refractivity contribution in [1.82, 2.24) is 4.57 Å². The fraction of sp³-hybridized carbons (Fsp3) is 0.231. The summed E-state index contributed by atoms with van der Waals surface area (Å²) in [5.41, 5.74) is 1.34. The molecule has 0 atom stereocenters. The predicted molar refractivity (Wildman–Crippen MR) is 133 cm³/mol. The van der Waals surface area contributed by atoms with Crippen LogP contribution in [0.3, 0.4) is 0 Å². The Morgan fingerprint density at radius 3 is 2.08 bits per heavy atom. The molecule has 190 valence electrons. The number of rotatable bonds is 9. The van der Waals surface area contributed by atoms with Crippen LogP contribution in [-0.2, 0) is 35.6 Å². The van der Waals surface area contributed by atoms with Crippen LogP contribution in [0, 0.1) is 6.92 Å². The van der Waals surface area contributed by atoms with E-state index in [2.05, 4.69) is 0 Å². The number of aromatic nitrogens is 1. The molecule has 0 aliphatic rings. The van der Waals surface area contributed by atoms with Crippen molar-refractivity contribution in [2.24, 2.45) is 0 Å². The Morgan fingerprint density at radius 1 is 0.917 bits per heavy atom. The summed E-state index contributed by atoms with van der Waals surface area (Å²) in [6.07, 6.45) is 1.41. The number of carbonyl (C=O) groups excluding carboxylic acids is 2. The van der Waals surface area contributed by atoms with Crippen LogP contribution in [0.1, 0.15) is 34.1 Å². The minimum atomic E-state index is -4.30. The van der Waals surface area contributed by atoms with Gasteiger partial charge < -0.3 is 23.5 Å². The maximum absolute atomic E-state index is 14.1. The van der Waals surface area contributed by atoms with E-state index in [4.69, 9.17) is 18.9 Å². The van der Waals surface area contributed by atoms with E-state index in [1.165, 1.54) is 57.2 Å². The Balaban J connectivity index is 2.45. The first-order valence-corrected chi connectivity index (χ1v) is 12.3. The minimum Gasteiger partial charge on any atom is -0.497 e. The molecule has 0 bridgehead atoms. The molecule has 0 aliphatic heterocycles. The van der Waals surface area contributed by atoms with Crippen LogP contribution in [0.25, 0.3) is 10.7 Å². The monoisotopic (exact) mass is 513 g/mol. The largest absolute Gasteiger partial charge is 0.497 e. The molecule has 10 heteroatoms. The average molecular weight is 514 g/mol. The molecule has 0 radical (unpaired) electrons. The van der Waals surface area contributed by atoms with Gasteiger partial charge in [-0.25, -0.2) is 13.2 Å². The summed E-state index contributed by atoms with van der Waals surface area (Å²) in [6, 6.07) is 14.0. The highest BCUT2D eigenvalue weighted by molar-refractivity contribution is 8.01. The number of methoxy groups -OCH3 is 3. The number of hydrogen-bond acceptors (Lipinski definition) is 8. The molecular formula is C26H27NO8S. The molecule has 0 saturated heterocycles. The fourth-order valence-corrected chi connectivity index (χ4v) is 5.10. The molecule has 0 aliphatic carbocycles. The summed E-state index contributed by atoms with van der Waals surface area (Å²) < 4.78 is 50.5. The third-order valence-corrected chi connectivity index (χ3v) is 7.05. The lowest BCUT2D eigenvalue weighted by Crippen LogP contribution is -2.14. The van der Waals surface area contributed by atoms with Crippen molar-refractivity contribution in [1.29, 1.82) is 0 Å². The van der Waals surface area contributed by atoms with Crippen molar-refractivity contribution in [2.45, 2.75) is 25.5 Å². The quantitative estimate of drug-likeness (QED) is 0.311. The molecule has 0 amide bonds. The Kier molecular flexibility index (Phi) is 8.33. The zero-order chi connectivity index (χ0) is 26.5.